The van der Waals surface area contributed by atoms with Crippen LogP contribution in [-0.2, 0) is 23.9 Å². The largest absolute Gasteiger partial charge is 0.507 e. The van der Waals surface area contributed by atoms with Crippen molar-refractivity contribution in [2.45, 2.75) is 51.1 Å². The number of nitrogens with two attached hydrogens (primary N) is 1. The van der Waals surface area contributed by atoms with Gasteiger partial charge in [0.15, 0.2) is 0 Å². The lowest BCUT2D eigenvalue weighted by molar-refractivity contribution is -0.137. The van der Waals surface area contributed by atoms with Crippen molar-refractivity contribution in [1.29, 1.82) is 0 Å². The van der Waals surface area contributed by atoms with E-state index in [1.807, 2.05) is 24.0 Å². The molecular formula is C24H30Cl2F4N2O2. The zero-order valence-electron chi connectivity index (χ0n) is 18.8. The van der Waals surface area contributed by atoms with Crippen molar-refractivity contribution in [3.05, 3.63) is 64.0 Å². The minimum absolute atomic E-state index is 0. The molecule has 2 aromatic rings. The summed E-state index contributed by atoms with van der Waals surface area (Å²) in [5, 5.41) is 10.6. The molecule has 0 aromatic heterocycles. The quantitative estimate of drug-likeness (QED) is 0.514. The molecule has 4 nitrogen and oxygen atoms in total. The summed E-state index contributed by atoms with van der Waals surface area (Å²) in [4.78, 5) is 2.05. The van der Waals surface area contributed by atoms with Gasteiger partial charge in [0, 0.05) is 25.1 Å². The fourth-order valence-electron chi connectivity index (χ4n) is 4.93. The van der Waals surface area contributed by atoms with Gasteiger partial charge in [0.2, 0.25) is 0 Å². The Bertz CT molecular complexity index is 982. The molecule has 10 heteroatoms. The summed E-state index contributed by atoms with van der Waals surface area (Å²) in [5.41, 5.74) is 7.96. The minimum atomic E-state index is -4.57. The summed E-state index contributed by atoms with van der Waals surface area (Å²) in [6.07, 6.45) is -2.67. The van der Waals surface area contributed by atoms with Crippen LogP contribution in [0.15, 0.2) is 30.3 Å². The number of hydrogen-bond acceptors (Lipinski definition) is 4. The maximum absolute atomic E-state index is 13.7. The van der Waals surface area contributed by atoms with E-state index in [9.17, 15) is 22.7 Å². The van der Waals surface area contributed by atoms with Gasteiger partial charge in [0.05, 0.1) is 17.8 Å². The van der Waals surface area contributed by atoms with E-state index in [2.05, 4.69) is 0 Å². The van der Waals surface area contributed by atoms with Crippen molar-refractivity contribution >= 4 is 24.8 Å². The second-order valence-electron chi connectivity index (χ2n) is 8.86. The first-order valence-electron chi connectivity index (χ1n) is 10.9. The van der Waals surface area contributed by atoms with Gasteiger partial charge in [-0.15, -0.1) is 24.8 Å². The number of hydrogen-bond donors (Lipinski definition) is 2. The highest BCUT2D eigenvalue weighted by Gasteiger charge is 2.36. The average molecular weight is 525 g/mol. The predicted molar refractivity (Wildman–Crippen MR) is 127 cm³/mol. The highest BCUT2D eigenvalue weighted by atomic mass is 35.5. The number of aromatic hydroxyl groups is 1. The molecule has 4 rings (SSSR count). The first kappa shape index (κ1) is 28.7. The fourth-order valence-corrected chi connectivity index (χ4v) is 4.93. The van der Waals surface area contributed by atoms with Gasteiger partial charge in [-0.25, -0.2) is 4.39 Å². The number of fused-ring (bicyclic) bond motifs is 1. The number of nitrogens with zero attached hydrogens (tertiary/aromatic N) is 1. The Balaban J connectivity index is 0.00000204. The van der Waals surface area contributed by atoms with E-state index in [0.717, 1.165) is 35.6 Å². The molecule has 2 aromatic carbocycles. The number of rotatable bonds is 4. The van der Waals surface area contributed by atoms with Crippen LogP contribution in [0.4, 0.5) is 17.6 Å². The number of alkyl halides is 3. The topological polar surface area (TPSA) is 58.7 Å². The van der Waals surface area contributed by atoms with Gasteiger partial charge >= 0.3 is 6.18 Å². The van der Waals surface area contributed by atoms with E-state index >= 15 is 0 Å². The van der Waals surface area contributed by atoms with E-state index in [0.29, 0.717) is 43.4 Å². The number of benzene rings is 2. The second kappa shape index (κ2) is 11.4. The molecule has 2 aliphatic rings. The minimum Gasteiger partial charge on any atom is -0.507 e. The van der Waals surface area contributed by atoms with Gasteiger partial charge in [-0.2, -0.15) is 13.2 Å². The van der Waals surface area contributed by atoms with Crippen molar-refractivity contribution < 1.29 is 27.4 Å². The Labute approximate surface area is 209 Å². The summed E-state index contributed by atoms with van der Waals surface area (Å²) in [6.45, 7) is 3.83. The summed E-state index contributed by atoms with van der Waals surface area (Å²) < 4.78 is 58.9. The lowest BCUT2D eigenvalue weighted by Crippen LogP contribution is -2.42. The average Bonchev–Trinajstić information content (AvgIpc) is 2.75. The number of aryl methyl sites for hydroxylation is 1. The van der Waals surface area contributed by atoms with E-state index in [-0.39, 0.29) is 49.5 Å². The van der Waals surface area contributed by atoms with E-state index in [1.54, 1.807) is 0 Å². The van der Waals surface area contributed by atoms with Gasteiger partial charge < -0.3 is 15.6 Å². The highest BCUT2D eigenvalue weighted by molar-refractivity contribution is 5.85. The molecule has 0 spiro atoms. The fraction of sp³-hybridized carbons (Fsp3) is 0.500. The van der Waals surface area contributed by atoms with Crippen LogP contribution >= 0.6 is 24.8 Å². The molecule has 0 saturated carbocycles. The number of ether oxygens (including phenoxy) is 1. The molecule has 2 heterocycles. The van der Waals surface area contributed by atoms with Crippen LogP contribution in [0, 0.1) is 18.7 Å². The highest BCUT2D eigenvalue weighted by Crippen LogP contribution is 2.40. The van der Waals surface area contributed by atoms with Crippen molar-refractivity contribution in [3.8, 4) is 5.75 Å². The zero-order chi connectivity index (χ0) is 23.0. The number of phenols is 1. The zero-order valence-corrected chi connectivity index (χ0v) is 20.4. The second-order valence-corrected chi connectivity index (χ2v) is 8.86. The first-order chi connectivity index (χ1) is 15.2. The molecule has 0 unspecified atom stereocenters. The first-order valence-corrected chi connectivity index (χ1v) is 10.9. The van der Waals surface area contributed by atoms with Crippen LogP contribution in [0.5, 0.6) is 5.75 Å². The van der Waals surface area contributed by atoms with Crippen molar-refractivity contribution in [3.63, 3.8) is 0 Å². The Kier molecular flexibility index (Phi) is 9.64. The molecule has 1 fully saturated rings. The summed E-state index contributed by atoms with van der Waals surface area (Å²) in [6, 6.07) is 6.55. The number of halogens is 6. The summed E-state index contributed by atoms with van der Waals surface area (Å²) in [7, 11) is 0. The molecule has 3 N–H and O–H groups in total. The summed E-state index contributed by atoms with van der Waals surface area (Å²) >= 11 is 0. The van der Waals surface area contributed by atoms with Gasteiger partial charge in [-0.1, -0.05) is 12.1 Å². The third-order valence-corrected chi connectivity index (χ3v) is 6.68. The maximum Gasteiger partial charge on any atom is 0.416 e. The van der Waals surface area contributed by atoms with E-state index < -0.39 is 17.6 Å². The molecule has 2 aliphatic heterocycles. The molecule has 34 heavy (non-hydrogen) atoms. The Hall–Kier alpha value is -1.58. The molecule has 190 valence electrons. The lowest BCUT2D eigenvalue weighted by Gasteiger charge is -2.40. The normalized spacial score (nSPS) is 21.4. The molecular weight excluding hydrogens is 495 g/mol. The Morgan fingerprint density at radius 2 is 1.79 bits per heavy atom. The number of likely N-dealkylation sites (tertiary alicyclic amines) is 1. The van der Waals surface area contributed by atoms with Crippen LogP contribution in [0.3, 0.4) is 0 Å². The summed E-state index contributed by atoms with van der Waals surface area (Å²) in [5.74, 6) is -0.313. The lowest BCUT2D eigenvalue weighted by atomic mass is 9.83. The van der Waals surface area contributed by atoms with Crippen LogP contribution < -0.4 is 5.73 Å². The van der Waals surface area contributed by atoms with Gasteiger partial charge in [0.25, 0.3) is 0 Å². The Morgan fingerprint density at radius 1 is 1.12 bits per heavy atom. The molecule has 0 aliphatic carbocycles. The monoisotopic (exact) mass is 524 g/mol. The van der Waals surface area contributed by atoms with Crippen LogP contribution in [0.25, 0.3) is 0 Å². The molecule has 1 saturated heterocycles. The standard InChI is InChI=1S/C24H28F4N2O2.2ClH/c1-14-2-3-19-20(23(14)31)11-21(32-22(19)12-29)16-4-6-30(7-5-16)13-15-8-17(24(26,27)28)10-18(25)9-15;;/h2-3,8-10,16,21-22,31H,4-7,11-13,29H2,1H3;2*1H/t21-,22-;;/m0../s1. The third kappa shape index (κ3) is 6.15. The van der Waals surface area contributed by atoms with Gasteiger partial charge in [-0.05, 0) is 73.7 Å². The van der Waals surface area contributed by atoms with Crippen molar-refractivity contribution in [2.75, 3.05) is 19.6 Å². The van der Waals surface area contributed by atoms with Crippen molar-refractivity contribution in [2.24, 2.45) is 11.7 Å². The van der Waals surface area contributed by atoms with Crippen molar-refractivity contribution in [1.82, 2.24) is 4.90 Å². The van der Waals surface area contributed by atoms with Crippen LogP contribution in [0.2, 0.25) is 0 Å². The molecule has 2 atom stereocenters. The van der Waals surface area contributed by atoms with E-state index in [4.69, 9.17) is 10.5 Å². The third-order valence-electron chi connectivity index (χ3n) is 6.68. The van der Waals surface area contributed by atoms with E-state index in [1.165, 1.54) is 6.07 Å². The van der Waals surface area contributed by atoms with Crippen LogP contribution in [-0.4, -0.2) is 35.7 Å². The van der Waals surface area contributed by atoms with Gasteiger partial charge in [-0.3, -0.25) is 4.90 Å². The SMILES string of the molecule is Cc1ccc2c(c1O)C[C@@H](C1CCN(Cc3cc(F)cc(C(F)(F)F)c3)CC1)O[C@H]2CN.Cl.Cl. The number of piperidine rings is 1. The predicted octanol–water partition coefficient (Wildman–Crippen LogP) is 5.56. The van der Waals surface area contributed by atoms with Crippen LogP contribution in [0.1, 0.15) is 46.8 Å². The molecule has 0 amide bonds. The molecule has 0 radical (unpaired) electrons. The molecule has 0 bridgehead atoms. The Morgan fingerprint density at radius 3 is 2.41 bits per heavy atom. The number of phenolic OH excluding ortho intramolecular Hbond substituents is 1. The smallest absolute Gasteiger partial charge is 0.416 e. The van der Waals surface area contributed by atoms with Gasteiger partial charge in [0.1, 0.15) is 11.6 Å². The maximum atomic E-state index is 13.7.